The third-order valence-electron chi connectivity index (χ3n) is 3.33. The second-order valence-electron chi connectivity index (χ2n) is 5.02. The van der Waals surface area contributed by atoms with Crippen molar-refractivity contribution in [3.05, 3.63) is 35.3 Å². The first-order chi connectivity index (χ1) is 11.2. The normalized spacial score (nSPS) is 13.2. The van der Waals surface area contributed by atoms with Gasteiger partial charge in [0.05, 0.1) is 13.2 Å². The van der Waals surface area contributed by atoms with Crippen LogP contribution in [0.5, 0.6) is 11.5 Å². The van der Waals surface area contributed by atoms with Gasteiger partial charge in [-0.15, -0.1) is 11.3 Å². The Morgan fingerprint density at radius 1 is 1.17 bits per heavy atom. The Bertz CT molecular complexity index is 700. The molecule has 0 atom stereocenters. The molecule has 0 saturated carbocycles. The third kappa shape index (κ3) is 4.07. The second kappa shape index (κ2) is 7.23. The minimum Gasteiger partial charge on any atom is -0.490 e. The number of amides is 1. The predicted octanol–water partition coefficient (Wildman–Crippen LogP) is 2.91. The summed E-state index contributed by atoms with van der Waals surface area (Å²) in [6.07, 6.45) is 2.68. The van der Waals surface area contributed by atoms with Crippen LogP contribution in [0.3, 0.4) is 0 Å². The van der Waals surface area contributed by atoms with Gasteiger partial charge in [0.15, 0.2) is 22.4 Å². The first kappa shape index (κ1) is 15.5. The minimum atomic E-state index is -0.220. The van der Waals surface area contributed by atoms with E-state index in [1.807, 2.05) is 0 Å². The summed E-state index contributed by atoms with van der Waals surface area (Å²) < 4.78 is 11.1. The molecule has 1 aromatic heterocycles. The number of carbonyl (C=O) groups excluding carboxylic acids is 2. The number of nitrogens with zero attached hydrogens (tertiary/aromatic N) is 1. The molecule has 0 fully saturated rings. The van der Waals surface area contributed by atoms with Crippen LogP contribution in [-0.4, -0.2) is 29.9 Å². The molecule has 0 saturated heterocycles. The number of fused-ring (bicyclic) bond motifs is 1. The highest BCUT2D eigenvalue weighted by Crippen LogP contribution is 2.30. The van der Waals surface area contributed by atoms with Gasteiger partial charge in [0, 0.05) is 36.4 Å². The summed E-state index contributed by atoms with van der Waals surface area (Å²) in [5, 5.41) is 4.97. The van der Waals surface area contributed by atoms with Crippen molar-refractivity contribution in [3.8, 4) is 11.5 Å². The highest BCUT2D eigenvalue weighted by molar-refractivity contribution is 7.13. The lowest BCUT2D eigenvalue weighted by atomic mass is 10.1. The Kier molecular flexibility index (Phi) is 4.87. The molecule has 23 heavy (non-hydrogen) atoms. The molecule has 120 valence electrons. The van der Waals surface area contributed by atoms with Crippen LogP contribution in [0.1, 0.15) is 29.6 Å². The van der Waals surface area contributed by atoms with Crippen LogP contribution >= 0.6 is 11.3 Å². The van der Waals surface area contributed by atoms with Gasteiger partial charge in [0.1, 0.15) is 0 Å². The highest BCUT2D eigenvalue weighted by atomic mass is 32.1. The van der Waals surface area contributed by atoms with Gasteiger partial charge < -0.3 is 14.8 Å². The molecular formula is C16H16N2O4S. The molecule has 1 amide bonds. The van der Waals surface area contributed by atoms with Crippen LogP contribution in [0.15, 0.2) is 29.8 Å². The van der Waals surface area contributed by atoms with Crippen molar-refractivity contribution >= 4 is 28.2 Å². The fourth-order valence-corrected chi connectivity index (χ4v) is 2.72. The van der Waals surface area contributed by atoms with E-state index in [0.717, 1.165) is 6.42 Å². The lowest BCUT2D eigenvalue weighted by molar-refractivity contribution is -0.116. The van der Waals surface area contributed by atoms with E-state index in [1.165, 1.54) is 11.3 Å². The summed E-state index contributed by atoms with van der Waals surface area (Å²) in [4.78, 5) is 28.0. The average molecular weight is 332 g/mol. The predicted molar refractivity (Wildman–Crippen MR) is 86.4 cm³/mol. The third-order valence-corrected chi connectivity index (χ3v) is 4.02. The Labute approximate surface area is 137 Å². The Hall–Kier alpha value is -2.41. The van der Waals surface area contributed by atoms with Crippen molar-refractivity contribution in [2.24, 2.45) is 0 Å². The van der Waals surface area contributed by atoms with Gasteiger partial charge in [-0.1, -0.05) is 0 Å². The zero-order valence-corrected chi connectivity index (χ0v) is 13.2. The molecule has 1 aliphatic heterocycles. The number of ketones is 1. The van der Waals surface area contributed by atoms with Crippen molar-refractivity contribution in [3.63, 3.8) is 0 Å². The molecule has 2 aromatic rings. The zero-order chi connectivity index (χ0) is 16.1. The molecule has 6 nitrogen and oxygen atoms in total. The molecule has 2 heterocycles. The van der Waals surface area contributed by atoms with E-state index in [4.69, 9.17) is 9.47 Å². The van der Waals surface area contributed by atoms with Gasteiger partial charge in [-0.2, -0.15) is 0 Å². The molecule has 1 aliphatic rings. The number of aromatic nitrogens is 1. The number of hydrogen-bond acceptors (Lipinski definition) is 6. The smallest absolute Gasteiger partial charge is 0.226 e. The lowest BCUT2D eigenvalue weighted by Gasteiger charge is -2.08. The molecular weight excluding hydrogens is 316 g/mol. The van der Waals surface area contributed by atoms with Crippen LogP contribution < -0.4 is 14.8 Å². The molecule has 7 heteroatoms. The molecule has 3 rings (SSSR count). The maximum Gasteiger partial charge on any atom is 0.226 e. The highest BCUT2D eigenvalue weighted by Gasteiger charge is 2.15. The summed E-state index contributed by atoms with van der Waals surface area (Å²) in [5.74, 6) is 0.915. The largest absolute Gasteiger partial charge is 0.490 e. The number of anilines is 1. The van der Waals surface area contributed by atoms with E-state index < -0.39 is 0 Å². The van der Waals surface area contributed by atoms with E-state index in [0.29, 0.717) is 35.4 Å². The molecule has 1 aromatic carbocycles. The summed E-state index contributed by atoms with van der Waals surface area (Å²) >= 11 is 1.34. The first-order valence-corrected chi connectivity index (χ1v) is 8.22. The minimum absolute atomic E-state index is 0.102. The maximum atomic E-state index is 12.2. The zero-order valence-electron chi connectivity index (χ0n) is 12.4. The standard InChI is InChI=1S/C16H16N2O4S/c19-12(3-5-15(20)18-16-17-6-9-23-16)11-2-4-13-14(10-11)22-8-1-7-21-13/h2,4,6,9-10H,1,3,5,7-8H2,(H,17,18,20). The van der Waals surface area contributed by atoms with Gasteiger partial charge in [0.2, 0.25) is 5.91 Å². The molecule has 0 unspecified atom stereocenters. The van der Waals surface area contributed by atoms with Gasteiger partial charge in [-0.3, -0.25) is 9.59 Å². The van der Waals surface area contributed by atoms with E-state index in [1.54, 1.807) is 29.8 Å². The monoisotopic (exact) mass is 332 g/mol. The summed E-state index contributed by atoms with van der Waals surface area (Å²) in [6, 6.07) is 5.12. The van der Waals surface area contributed by atoms with Gasteiger partial charge in [0.25, 0.3) is 0 Å². The van der Waals surface area contributed by atoms with Crippen LogP contribution in [0.4, 0.5) is 5.13 Å². The number of ether oxygens (including phenoxy) is 2. The van der Waals surface area contributed by atoms with Crippen LogP contribution in [0.2, 0.25) is 0 Å². The number of nitrogens with one attached hydrogen (secondary N) is 1. The maximum absolute atomic E-state index is 12.2. The fraction of sp³-hybridized carbons (Fsp3) is 0.312. The van der Waals surface area contributed by atoms with E-state index in [-0.39, 0.29) is 24.5 Å². The Morgan fingerprint density at radius 2 is 2.00 bits per heavy atom. The van der Waals surface area contributed by atoms with Crippen molar-refractivity contribution in [2.75, 3.05) is 18.5 Å². The lowest BCUT2D eigenvalue weighted by Crippen LogP contribution is -2.13. The van der Waals surface area contributed by atoms with Crippen molar-refractivity contribution < 1.29 is 19.1 Å². The van der Waals surface area contributed by atoms with Crippen molar-refractivity contribution in [1.82, 2.24) is 4.98 Å². The summed E-state index contributed by atoms with van der Waals surface area (Å²) in [7, 11) is 0. The SMILES string of the molecule is O=C(CCC(=O)c1ccc2c(c1)OCCCO2)Nc1nccs1. The second-order valence-corrected chi connectivity index (χ2v) is 5.92. The quantitative estimate of drug-likeness (QED) is 0.852. The van der Waals surface area contributed by atoms with Crippen molar-refractivity contribution in [2.45, 2.75) is 19.3 Å². The summed E-state index contributed by atoms with van der Waals surface area (Å²) in [6.45, 7) is 1.18. The number of benzene rings is 1. The van der Waals surface area contributed by atoms with E-state index >= 15 is 0 Å². The van der Waals surface area contributed by atoms with E-state index in [2.05, 4.69) is 10.3 Å². The van der Waals surface area contributed by atoms with Gasteiger partial charge >= 0.3 is 0 Å². The number of hydrogen-bond donors (Lipinski definition) is 1. The van der Waals surface area contributed by atoms with Crippen LogP contribution in [0, 0.1) is 0 Å². The van der Waals surface area contributed by atoms with Crippen molar-refractivity contribution in [1.29, 1.82) is 0 Å². The number of rotatable bonds is 5. The topological polar surface area (TPSA) is 77.5 Å². The van der Waals surface area contributed by atoms with Crippen LogP contribution in [0.25, 0.3) is 0 Å². The number of thiazole rings is 1. The summed E-state index contributed by atoms with van der Waals surface area (Å²) in [5.41, 5.74) is 0.524. The molecule has 0 radical (unpaired) electrons. The molecule has 0 spiro atoms. The number of Topliss-reactive ketones (excluding diaryl/α,β-unsaturated/α-hetero) is 1. The molecule has 0 aliphatic carbocycles. The molecule has 0 bridgehead atoms. The van der Waals surface area contributed by atoms with Crippen LogP contribution in [-0.2, 0) is 4.79 Å². The Balaban J connectivity index is 1.57. The average Bonchev–Trinajstić information content (AvgIpc) is 2.94. The Morgan fingerprint density at radius 3 is 2.78 bits per heavy atom. The first-order valence-electron chi connectivity index (χ1n) is 7.34. The number of carbonyl (C=O) groups is 2. The fourth-order valence-electron chi connectivity index (χ4n) is 2.18. The van der Waals surface area contributed by atoms with Gasteiger partial charge in [-0.25, -0.2) is 4.98 Å². The molecule has 1 N–H and O–H groups in total. The van der Waals surface area contributed by atoms with Gasteiger partial charge in [-0.05, 0) is 18.2 Å². The van der Waals surface area contributed by atoms with E-state index in [9.17, 15) is 9.59 Å².